The van der Waals surface area contributed by atoms with E-state index in [9.17, 15) is 22.3 Å². The summed E-state index contributed by atoms with van der Waals surface area (Å²) in [5.74, 6) is -0.199. The van der Waals surface area contributed by atoms with Gasteiger partial charge in [-0.2, -0.15) is 0 Å². The molecule has 5 N–H and O–H groups in total. The quantitative estimate of drug-likeness (QED) is 0.316. The summed E-state index contributed by atoms with van der Waals surface area (Å²) < 4.78 is 50.0. The second-order valence-electron chi connectivity index (χ2n) is 8.02. The lowest BCUT2D eigenvalue weighted by molar-refractivity contribution is -0.116. The van der Waals surface area contributed by atoms with Gasteiger partial charge in [0, 0.05) is 24.7 Å². The Balaban J connectivity index is 1.80. The van der Waals surface area contributed by atoms with Gasteiger partial charge in [-0.25, -0.2) is 17.9 Å². The van der Waals surface area contributed by atoms with Crippen LogP contribution in [0, 0.1) is 0 Å². The molecule has 8 nitrogen and oxygen atoms in total. The molecular formula is C20H35N3O5S2. The number of amides is 1. The first-order chi connectivity index (χ1) is 14.1. The molecule has 172 valence electrons. The first-order valence-electron chi connectivity index (χ1n) is 10.5. The van der Waals surface area contributed by atoms with Crippen LogP contribution in [0.5, 0.6) is 0 Å². The Morgan fingerprint density at radius 1 is 1.13 bits per heavy atom. The fourth-order valence-electron chi connectivity index (χ4n) is 3.29. The van der Waals surface area contributed by atoms with E-state index in [0.717, 1.165) is 25.7 Å². The molecule has 0 radical (unpaired) electrons. The van der Waals surface area contributed by atoms with Gasteiger partial charge in [-0.3, -0.25) is 13.9 Å². The predicted molar refractivity (Wildman–Crippen MR) is 122 cm³/mol. The highest BCUT2D eigenvalue weighted by atomic mass is 32.3. The van der Waals surface area contributed by atoms with E-state index in [4.69, 9.17) is 0 Å². The molecule has 0 unspecified atom stereocenters. The Bertz CT molecular complexity index is 793. The van der Waals surface area contributed by atoms with Crippen molar-refractivity contribution in [3.05, 3.63) is 24.3 Å². The van der Waals surface area contributed by atoms with Crippen LogP contribution >= 0.6 is 10.8 Å². The molecule has 0 atom stereocenters. The summed E-state index contributed by atoms with van der Waals surface area (Å²) in [6.07, 6.45) is 6.58. The molecule has 1 aliphatic rings. The first kappa shape index (κ1) is 25.1. The molecule has 0 heterocycles. The predicted octanol–water partition coefficient (Wildman–Crippen LogP) is 4.07. The van der Waals surface area contributed by atoms with Crippen LogP contribution in [-0.2, 0) is 14.8 Å². The summed E-state index contributed by atoms with van der Waals surface area (Å²) in [6.45, 7) is 3.53. The number of benzene rings is 1. The van der Waals surface area contributed by atoms with Crippen molar-refractivity contribution in [1.82, 2.24) is 9.44 Å². The van der Waals surface area contributed by atoms with Gasteiger partial charge in [-0.05, 0) is 57.7 Å². The van der Waals surface area contributed by atoms with Gasteiger partial charge in [0.25, 0.3) is 0 Å². The fraction of sp³-hybridized carbons (Fsp3) is 0.650. The number of nitrogens with one attached hydrogen (secondary N) is 3. The number of unbranched alkanes of at least 4 members (excludes halogenated alkanes) is 1. The molecule has 0 aromatic heterocycles. The Kier molecular flexibility index (Phi) is 9.58. The number of rotatable bonds is 11. The minimum atomic E-state index is -3.28. The van der Waals surface area contributed by atoms with E-state index in [2.05, 4.69) is 14.8 Å². The molecule has 0 bridgehead atoms. The van der Waals surface area contributed by atoms with E-state index in [-0.39, 0.29) is 18.4 Å². The average molecular weight is 462 g/mol. The Morgan fingerprint density at radius 3 is 2.50 bits per heavy atom. The zero-order chi connectivity index (χ0) is 22.2. The number of hydrogen-bond donors (Lipinski definition) is 5. The summed E-state index contributed by atoms with van der Waals surface area (Å²) in [7, 11) is -6.41. The lowest BCUT2D eigenvalue weighted by atomic mass is 9.96. The van der Waals surface area contributed by atoms with Crippen LogP contribution in [-0.4, -0.2) is 41.3 Å². The highest BCUT2D eigenvalue weighted by molar-refractivity contribution is 8.22. The van der Waals surface area contributed by atoms with Gasteiger partial charge in [0.1, 0.15) is 0 Å². The molecule has 0 spiro atoms. The SMILES string of the molecule is CC(C)S(=O)(=O)NCCCCC(=O)Nc1cccc(S(O)(O)NC2CCCCC2)c1. The minimum absolute atomic E-state index is 0.0927. The van der Waals surface area contributed by atoms with Crippen molar-refractivity contribution in [1.29, 1.82) is 0 Å². The number of hydrogen-bond acceptors (Lipinski definition) is 6. The van der Waals surface area contributed by atoms with Crippen LogP contribution in [0.2, 0.25) is 0 Å². The van der Waals surface area contributed by atoms with Crippen LogP contribution in [0.1, 0.15) is 65.2 Å². The molecule has 1 aromatic rings. The summed E-state index contributed by atoms with van der Waals surface area (Å²) in [5, 5.41) is 2.29. The van der Waals surface area contributed by atoms with Crippen LogP contribution < -0.4 is 14.8 Å². The summed E-state index contributed by atoms with van der Waals surface area (Å²) >= 11 is 0. The van der Waals surface area contributed by atoms with Crippen molar-refractivity contribution in [2.75, 3.05) is 11.9 Å². The monoisotopic (exact) mass is 461 g/mol. The normalized spacial score (nSPS) is 16.6. The van der Waals surface area contributed by atoms with Gasteiger partial charge in [-0.1, -0.05) is 25.3 Å². The maximum Gasteiger partial charge on any atom is 0.224 e. The largest absolute Gasteiger partial charge is 0.326 e. The van der Waals surface area contributed by atoms with Gasteiger partial charge in [0.2, 0.25) is 15.9 Å². The van der Waals surface area contributed by atoms with Crippen LogP contribution in [0.3, 0.4) is 0 Å². The Hall–Kier alpha value is -1.17. The smallest absolute Gasteiger partial charge is 0.224 e. The number of anilines is 1. The molecule has 1 aromatic carbocycles. The maximum absolute atomic E-state index is 12.2. The number of sulfonamides is 1. The van der Waals surface area contributed by atoms with E-state index in [1.165, 1.54) is 6.42 Å². The third-order valence-corrected chi connectivity index (χ3v) is 8.56. The Morgan fingerprint density at radius 2 is 1.83 bits per heavy atom. The second kappa shape index (κ2) is 11.4. The van der Waals surface area contributed by atoms with E-state index in [1.807, 2.05) is 0 Å². The molecule has 1 amide bonds. The van der Waals surface area contributed by atoms with Crippen molar-refractivity contribution in [3.63, 3.8) is 0 Å². The van der Waals surface area contributed by atoms with E-state index in [1.54, 1.807) is 38.1 Å². The molecular weight excluding hydrogens is 426 g/mol. The van der Waals surface area contributed by atoms with Gasteiger partial charge < -0.3 is 5.32 Å². The minimum Gasteiger partial charge on any atom is -0.326 e. The number of carbonyl (C=O) groups excluding carboxylic acids is 1. The van der Waals surface area contributed by atoms with Crippen LogP contribution in [0.15, 0.2) is 29.2 Å². The lowest BCUT2D eigenvalue weighted by Crippen LogP contribution is -2.33. The maximum atomic E-state index is 12.2. The van der Waals surface area contributed by atoms with E-state index >= 15 is 0 Å². The van der Waals surface area contributed by atoms with Gasteiger partial charge in [0.05, 0.1) is 10.1 Å². The lowest BCUT2D eigenvalue weighted by Gasteiger charge is -2.38. The molecule has 2 rings (SSSR count). The zero-order valence-corrected chi connectivity index (χ0v) is 19.4. The van der Waals surface area contributed by atoms with Crippen LogP contribution in [0.25, 0.3) is 0 Å². The van der Waals surface area contributed by atoms with Crippen LogP contribution in [0.4, 0.5) is 5.69 Å². The van der Waals surface area contributed by atoms with Crippen molar-refractivity contribution in [3.8, 4) is 0 Å². The van der Waals surface area contributed by atoms with Gasteiger partial charge in [0.15, 0.2) is 0 Å². The van der Waals surface area contributed by atoms with Gasteiger partial charge >= 0.3 is 0 Å². The van der Waals surface area contributed by atoms with Crippen molar-refractivity contribution in [2.24, 2.45) is 0 Å². The highest BCUT2D eigenvalue weighted by Crippen LogP contribution is 2.46. The molecule has 1 fully saturated rings. The number of carbonyl (C=O) groups is 1. The fourth-order valence-corrected chi connectivity index (χ4v) is 5.45. The summed E-state index contributed by atoms with van der Waals surface area (Å²) in [5.41, 5.74) is 0.503. The third kappa shape index (κ3) is 8.16. The van der Waals surface area contributed by atoms with Crippen molar-refractivity contribution < 1.29 is 22.3 Å². The highest BCUT2D eigenvalue weighted by Gasteiger charge is 2.23. The Labute approximate surface area is 181 Å². The van der Waals surface area contributed by atoms with E-state index < -0.39 is 26.0 Å². The molecule has 1 aliphatic carbocycles. The summed E-state index contributed by atoms with van der Waals surface area (Å²) in [4.78, 5) is 12.5. The standard InChI is InChI=1S/C20H35N3O5S2/c1-16(2)29(25,26)21-14-7-6-13-20(24)22-18-11-8-12-19(15-18)30(27,28)23-17-9-4-3-5-10-17/h8,11-12,15-17,21,23,27-28H,3-7,9-10,13-14H2,1-2H3,(H,22,24). The molecule has 0 aliphatic heterocycles. The average Bonchev–Trinajstić information content (AvgIpc) is 2.68. The molecule has 30 heavy (non-hydrogen) atoms. The zero-order valence-electron chi connectivity index (χ0n) is 17.8. The van der Waals surface area contributed by atoms with Crippen molar-refractivity contribution >= 4 is 32.4 Å². The second-order valence-corrected chi connectivity index (χ2v) is 12.1. The van der Waals surface area contributed by atoms with Gasteiger partial charge in [-0.15, -0.1) is 10.8 Å². The first-order valence-corrected chi connectivity index (χ1v) is 13.6. The summed E-state index contributed by atoms with van der Waals surface area (Å²) in [6, 6.07) is 6.70. The van der Waals surface area contributed by atoms with E-state index in [0.29, 0.717) is 30.0 Å². The molecule has 10 heteroatoms. The molecule has 0 saturated heterocycles. The van der Waals surface area contributed by atoms with Crippen molar-refractivity contribution in [2.45, 2.75) is 81.4 Å². The molecule has 1 saturated carbocycles. The third-order valence-electron chi connectivity index (χ3n) is 5.14. The topological polar surface area (TPSA) is 128 Å².